The van der Waals surface area contributed by atoms with E-state index in [2.05, 4.69) is 29.5 Å². The zero-order valence-corrected chi connectivity index (χ0v) is 12.2. The average molecular weight is 255 g/mol. The van der Waals surface area contributed by atoms with Gasteiger partial charge in [0.15, 0.2) is 0 Å². The summed E-state index contributed by atoms with van der Waals surface area (Å²) in [6.07, 6.45) is 5.76. The number of hydrogen-bond donors (Lipinski definition) is 2. The van der Waals surface area contributed by atoms with Crippen molar-refractivity contribution in [3.63, 3.8) is 0 Å². The van der Waals surface area contributed by atoms with Crippen LogP contribution in [0, 0.1) is 0 Å². The molecule has 0 spiro atoms. The normalized spacial score (nSPS) is 19.7. The van der Waals surface area contributed by atoms with Crippen LogP contribution in [0.4, 0.5) is 0 Å². The number of carbonyl (C=O) groups excluding carboxylic acids is 1. The van der Waals surface area contributed by atoms with E-state index in [4.69, 9.17) is 0 Å². The molecule has 1 atom stereocenters. The summed E-state index contributed by atoms with van der Waals surface area (Å²) in [5, 5.41) is 6.45. The Morgan fingerprint density at radius 1 is 1.33 bits per heavy atom. The summed E-state index contributed by atoms with van der Waals surface area (Å²) in [4.78, 5) is 14.2. The Kier molecular flexibility index (Phi) is 7.28. The van der Waals surface area contributed by atoms with Crippen molar-refractivity contribution < 1.29 is 4.79 Å². The number of rotatable bonds is 7. The Hall–Kier alpha value is -0.610. The highest BCUT2D eigenvalue weighted by Gasteiger charge is 2.20. The number of piperidine rings is 1. The van der Waals surface area contributed by atoms with Crippen molar-refractivity contribution in [3.05, 3.63) is 0 Å². The second-order valence-corrected chi connectivity index (χ2v) is 5.46. The Balaban J connectivity index is 2.14. The Bertz CT molecular complexity index is 237. The third-order valence-electron chi connectivity index (χ3n) is 3.68. The Morgan fingerprint density at radius 2 is 2.00 bits per heavy atom. The maximum atomic E-state index is 11.9. The molecule has 0 aromatic heterocycles. The Labute approximate surface area is 111 Å². The molecule has 1 saturated heterocycles. The summed E-state index contributed by atoms with van der Waals surface area (Å²) in [6.45, 7) is 7.21. The molecule has 1 amide bonds. The smallest absolute Gasteiger partial charge is 0.236 e. The minimum absolute atomic E-state index is 0.0694. The summed E-state index contributed by atoms with van der Waals surface area (Å²) in [6, 6.07) is 0.428. The van der Waals surface area contributed by atoms with Gasteiger partial charge in [-0.1, -0.05) is 19.8 Å². The van der Waals surface area contributed by atoms with Gasteiger partial charge < -0.3 is 15.5 Å². The summed E-state index contributed by atoms with van der Waals surface area (Å²) < 4.78 is 0. The number of nitrogens with zero attached hydrogens (tertiary/aromatic N) is 1. The molecule has 0 radical (unpaired) electrons. The van der Waals surface area contributed by atoms with Crippen LogP contribution in [-0.2, 0) is 4.79 Å². The number of carbonyl (C=O) groups is 1. The highest BCUT2D eigenvalue weighted by atomic mass is 16.2. The molecule has 1 aliphatic rings. The quantitative estimate of drug-likeness (QED) is 0.675. The summed E-state index contributed by atoms with van der Waals surface area (Å²) in [7, 11) is 2.15. The van der Waals surface area contributed by atoms with Crippen molar-refractivity contribution in [2.75, 3.05) is 26.7 Å². The van der Waals surface area contributed by atoms with E-state index in [1.54, 1.807) is 0 Å². The van der Waals surface area contributed by atoms with Crippen molar-refractivity contribution in [1.82, 2.24) is 15.5 Å². The number of amides is 1. The predicted molar refractivity (Wildman–Crippen MR) is 75.7 cm³/mol. The van der Waals surface area contributed by atoms with Gasteiger partial charge in [0.25, 0.3) is 0 Å². The number of hydrogen-bond acceptors (Lipinski definition) is 3. The van der Waals surface area contributed by atoms with Crippen LogP contribution in [0.5, 0.6) is 0 Å². The molecule has 4 heteroatoms. The van der Waals surface area contributed by atoms with Crippen LogP contribution in [-0.4, -0.2) is 49.6 Å². The molecule has 0 bridgehead atoms. The first-order chi connectivity index (χ1) is 8.63. The van der Waals surface area contributed by atoms with Gasteiger partial charge in [-0.3, -0.25) is 4.79 Å². The molecule has 1 heterocycles. The minimum Gasteiger partial charge on any atom is -0.355 e. The zero-order valence-electron chi connectivity index (χ0n) is 12.2. The van der Waals surface area contributed by atoms with Crippen LogP contribution in [0.2, 0.25) is 0 Å². The van der Waals surface area contributed by atoms with Crippen LogP contribution in [0.1, 0.15) is 46.0 Å². The Morgan fingerprint density at radius 3 is 2.61 bits per heavy atom. The monoisotopic (exact) mass is 255 g/mol. The summed E-state index contributed by atoms with van der Waals surface area (Å²) in [5.74, 6) is 0.144. The number of nitrogens with one attached hydrogen (secondary N) is 2. The van der Waals surface area contributed by atoms with Crippen molar-refractivity contribution in [3.8, 4) is 0 Å². The van der Waals surface area contributed by atoms with Crippen molar-refractivity contribution in [2.45, 2.75) is 58.0 Å². The molecule has 0 saturated carbocycles. The first-order valence-corrected chi connectivity index (χ1v) is 7.35. The van der Waals surface area contributed by atoms with E-state index >= 15 is 0 Å². The number of unbranched alkanes of at least 4 members (excludes halogenated alkanes) is 2. The lowest BCUT2D eigenvalue weighted by atomic mass is 10.0. The lowest BCUT2D eigenvalue weighted by Gasteiger charge is -2.31. The second kappa shape index (κ2) is 8.48. The van der Waals surface area contributed by atoms with Crippen LogP contribution in [0.3, 0.4) is 0 Å². The lowest BCUT2D eigenvalue weighted by molar-refractivity contribution is -0.123. The van der Waals surface area contributed by atoms with Gasteiger partial charge in [0.05, 0.1) is 6.04 Å². The number of likely N-dealkylation sites (tertiary alicyclic amines) is 1. The molecule has 1 aliphatic heterocycles. The SMILES string of the molecule is CCCCCNC(=O)C(C)NC1CCN(C)CC1. The third-order valence-corrected chi connectivity index (χ3v) is 3.68. The molecule has 0 aromatic carbocycles. The molecular formula is C14H29N3O. The van der Waals surface area contributed by atoms with Crippen LogP contribution in [0.15, 0.2) is 0 Å². The maximum Gasteiger partial charge on any atom is 0.236 e. The molecule has 106 valence electrons. The highest BCUT2D eigenvalue weighted by molar-refractivity contribution is 5.81. The van der Waals surface area contributed by atoms with E-state index in [9.17, 15) is 4.79 Å². The minimum atomic E-state index is -0.0694. The van der Waals surface area contributed by atoms with Gasteiger partial charge in [0.1, 0.15) is 0 Å². The van der Waals surface area contributed by atoms with Gasteiger partial charge in [-0.2, -0.15) is 0 Å². The van der Waals surface area contributed by atoms with Crippen molar-refractivity contribution in [2.24, 2.45) is 0 Å². The molecule has 1 fully saturated rings. The van der Waals surface area contributed by atoms with Gasteiger partial charge in [0, 0.05) is 12.6 Å². The molecule has 0 aromatic rings. The fourth-order valence-electron chi connectivity index (χ4n) is 2.34. The summed E-state index contributed by atoms with van der Waals surface area (Å²) in [5.41, 5.74) is 0. The topological polar surface area (TPSA) is 44.4 Å². The molecule has 1 unspecified atom stereocenters. The van der Waals surface area contributed by atoms with Gasteiger partial charge >= 0.3 is 0 Å². The van der Waals surface area contributed by atoms with E-state index in [0.717, 1.165) is 38.9 Å². The molecular weight excluding hydrogens is 226 g/mol. The molecule has 18 heavy (non-hydrogen) atoms. The van der Waals surface area contributed by atoms with Gasteiger partial charge in [-0.05, 0) is 46.3 Å². The lowest BCUT2D eigenvalue weighted by Crippen LogP contribution is -2.50. The molecule has 4 nitrogen and oxygen atoms in total. The van der Waals surface area contributed by atoms with E-state index in [-0.39, 0.29) is 11.9 Å². The van der Waals surface area contributed by atoms with Crippen LogP contribution < -0.4 is 10.6 Å². The van der Waals surface area contributed by atoms with Crippen molar-refractivity contribution >= 4 is 5.91 Å². The maximum absolute atomic E-state index is 11.9. The zero-order chi connectivity index (χ0) is 13.4. The molecule has 2 N–H and O–H groups in total. The van der Waals surface area contributed by atoms with Crippen molar-refractivity contribution in [1.29, 1.82) is 0 Å². The average Bonchev–Trinajstić information content (AvgIpc) is 2.37. The fourth-order valence-corrected chi connectivity index (χ4v) is 2.34. The third kappa shape index (κ3) is 5.83. The van der Waals surface area contributed by atoms with Crippen LogP contribution in [0.25, 0.3) is 0 Å². The predicted octanol–water partition coefficient (Wildman–Crippen LogP) is 1.37. The van der Waals surface area contributed by atoms with Gasteiger partial charge in [0.2, 0.25) is 5.91 Å². The van der Waals surface area contributed by atoms with E-state index in [1.807, 2.05) is 6.92 Å². The molecule has 0 aliphatic carbocycles. The van der Waals surface area contributed by atoms with Gasteiger partial charge in [-0.25, -0.2) is 0 Å². The largest absolute Gasteiger partial charge is 0.355 e. The van der Waals surface area contributed by atoms with Gasteiger partial charge in [-0.15, -0.1) is 0 Å². The first-order valence-electron chi connectivity index (χ1n) is 7.35. The fraction of sp³-hybridized carbons (Fsp3) is 0.929. The standard InChI is InChI=1S/C14H29N3O/c1-4-5-6-9-15-14(18)12(2)16-13-7-10-17(3)11-8-13/h12-13,16H,4-11H2,1-3H3,(H,15,18). The highest BCUT2D eigenvalue weighted by Crippen LogP contribution is 2.08. The van der Waals surface area contributed by atoms with Crippen LogP contribution >= 0.6 is 0 Å². The first kappa shape index (κ1) is 15.4. The molecule has 1 rings (SSSR count). The second-order valence-electron chi connectivity index (χ2n) is 5.46. The summed E-state index contributed by atoms with van der Waals surface area (Å²) >= 11 is 0. The van der Waals surface area contributed by atoms with E-state index in [1.165, 1.54) is 12.8 Å². The van der Waals surface area contributed by atoms with E-state index < -0.39 is 0 Å². The van der Waals surface area contributed by atoms with E-state index in [0.29, 0.717) is 6.04 Å².